The van der Waals surface area contributed by atoms with Gasteiger partial charge in [-0.05, 0) is 18.9 Å². The normalized spacial score (nSPS) is 15.3. The van der Waals surface area contributed by atoms with Crippen molar-refractivity contribution in [3.63, 3.8) is 0 Å². The summed E-state index contributed by atoms with van der Waals surface area (Å²) in [6, 6.07) is 8.51. The SMILES string of the molecule is CCC(C)(CNC(=O)C(O)c1ccccc1)C(=O)O. The van der Waals surface area contributed by atoms with E-state index in [1.807, 2.05) is 0 Å². The Hall–Kier alpha value is -1.88. The highest BCUT2D eigenvalue weighted by molar-refractivity contribution is 5.83. The third kappa shape index (κ3) is 3.79. The van der Waals surface area contributed by atoms with Gasteiger partial charge in [0, 0.05) is 6.54 Å². The zero-order valence-corrected chi connectivity index (χ0v) is 11.1. The van der Waals surface area contributed by atoms with E-state index >= 15 is 0 Å². The molecule has 0 spiro atoms. The lowest BCUT2D eigenvalue weighted by Gasteiger charge is -2.24. The van der Waals surface area contributed by atoms with Crippen molar-refractivity contribution in [2.75, 3.05) is 6.54 Å². The molecular weight excluding hydrogens is 246 g/mol. The molecule has 0 saturated heterocycles. The van der Waals surface area contributed by atoms with Gasteiger partial charge in [-0.2, -0.15) is 0 Å². The van der Waals surface area contributed by atoms with Gasteiger partial charge in [-0.15, -0.1) is 0 Å². The van der Waals surface area contributed by atoms with E-state index in [0.29, 0.717) is 12.0 Å². The van der Waals surface area contributed by atoms with Crippen molar-refractivity contribution in [2.45, 2.75) is 26.4 Å². The predicted octanol–water partition coefficient (Wildman–Crippen LogP) is 1.34. The topological polar surface area (TPSA) is 86.6 Å². The molecule has 1 aromatic rings. The number of hydrogen-bond donors (Lipinski definition) is 3. The minimum atomic E-state index is -1.28. The van der Waals surface area contributed by atoms with Crippen LogP contribution in [-0.4, -0.2) is 28.6 Å². The van der Waals surface area contributed by atoms with E-state index in [4.69, 9.17) is 5.11 Å². The van der Waals surface area contributed by atoms with Gasteiger partial charge in [-0.3, -0.25) is 9.59 Å². The maximum absolute atomic E-state index is 11.8. The average Bonchev–Trinajstić information content (AvgIpc) is 2.44. The Morgan fingerprint density at radius 3 is 2.37 bits per heavy atom. The fraction of sp³-hybridized carbons (Fsp3) is 0.429. The lowest BCUT2D eigenvalue weighted by atomic mass is 9.87. The molecule has 1 amide bonds. The van der Waals surface area contributed by atoms with Crippen molar-refractivity contribution in [3.8, 4) is 0 Å². The fourth-order valence-electron chi connectivity index (χ4n) is 1.52. The molecule has 0 fully saturated rings. The number of benzene rings is 1. The van der Waals surface area contributed by atoms with Crippen LogP contribution in [-0.2, 0) is 9.59 Å². The zero-order chi connectivity index (χ0) is 14.5. The number of amides is 1. The minimum absolute atomic E-state index is 0.0123. The standard InChI is InChI=1S/C14H19NO4/c1-3-14(2,13(18)19)9-15-12(17)11(16)10-7-5-4-6-8-10/h4-8,11,16H,3,9H2,1-2H3,(H,15,17)(H,18,19). The van der Waals surface area contributed by atoms with Gasteiger partial charge in [-0.1, -0.05) is 37.3 Å². The van der Waals surface area contributed by atoms with Gasteiger partial charge in [0.05, 0.1) is 5.41 Å². The number of rotatable bonds is 6. The number of aliphatic hydroxyl groups excluding tert-OH is 1. The lowest BCUT2D eigenvalue weighted by molar-refractivity contribution is -0.148. The second-order valence-corrected chi connectivity index (χ2v) is 4.75. The molecule has 3 N–H and O–H groups in total. The summed E-state index contributed by atoms with van der Waals surface area (Å²) in [4.78, 5) is 22.9. The molecule has 0 radical (unpaired) electrons. The summed E-state index contributed by atoms with van der Waals surface area (Å²) in [6.07, 6.45) is -0.888. The Bertz CT molecular complexity index is 446. The van der Waals surface area contributed by atoms with Crippen LogP contribution in [0.3, 0.4) is 0 Å². The Morgan fingerprint density at radius 1 is 1.32 bits per heavy atom. The first-order chi connectivity index (χ1) is 8.90. The molecule has 0 saturated carbocycles. The van der Waals surface area contributed by atoms with Gasteiger partial charge >= 0.3 is 5.97 Å². The number of carboxylic acids is 1. The van der Waals surface area contributed by atoms with Gasteiger partial charge in [0.15, 0.2) is 6.10 Å². The molecule has 0 bridgehead atoms. The van der Waals surface area contributed by atoms with E-state index < -0.39 is 23.4 Å². The fourth-order valence-corrected chi connectivity index (χ4v) is 1.52. The Kier molecular flexibility index (Phi) is 5.06. The Balaban J connectivity index is 2.63. The number of nitrogens with one attached hydrogen (secondary N) is 1. The first-order valence-corrected chi connectivity index (χ1v) is 6.15. The average molecular weight is 265 g/mol. The Morgan fingerprint density at radius 2 is 1.89 bits per heavy atom. The van der Waals surface area contributed by atoms with Crippen LogP contribution < -0.4 is 5.32 Å². The molecule has 1 rings (SSSR count). The van der Waals surface area contributed by atoms with Gasteiger partial charge < -0.3 is 15.5 Å². The number of hydrogen-bond acceptors (Lipinski definition) is 3. The van der Waals surface area contributed by atoms with Crippen LogP contribution in [0.15, 0.2) is 30.3 Å². The summed E-state index contributed by atoms with van der Waals surface area (Å²) in [6.45, 7) is 3.29. The van der Waals surface area contributed by atoms with Crippen LogP contribution >= 0.6 is 0 Å². The molecule has 0 heterocycles. The van der Waals surface area contributed by atoms with E-state index in [-0.39, 0.29) is 6.54 Å². The van der Waals surface area contributed by atoms with Crippen LogP contribution in [0.1, 0.15) is 31.9 Å². The van der Waals surface area contributed by atoms with E-state index in [1.165, 1.54) is 0 Å². The summed E-state index contributed by atoms with van der Waals surface area (Å²) in [7, 11) is 0. The van der Waals surface area contributed by atoms with Crippen LogP contribution in [0.25, 0.3) is 0 Å². The zero-order valence-electron chi connectivity index (χ0n) is 11.1. The molecule has 5 nitrogen and oxygen atoms in total. The molecule has 2 atom stereocenters. The van der Waals surface area contributed by atoms with Gasteiger partial charge in [0.2, 0.25) is 0 Å². The molecule has 104 valence electrons. The van der Waals surface area contributed by atoms with E-state index in [0.717, 1.165) is 0 Å². The third-order valence-electron chi connectivity index (χ3n) is 3.31. The van der Waals surface area contributed by atoms with E-state index in [9.17, 15) is 14.7 Å². The van der Waals surface area contributed by atoms with E-state index in [2.05, 4.69) is 5.32 Å². The van der Waals surface area contributed by atoms with Crippen molar-refractivity contribution in [2.24, 2.45) is 5.41 Å². The molecule has 2 unspecified atom stereocenters. The molecular formula is C14H19NO4. The summed E-state index contributed by atoms with van der Waals surface area (Å²) in [5.41, 5.74) is -0.542. The Labute approximate surface area is 112 Å². The molecule has 0 aliphatic carbocycles. The lowest BCUT2D eigenvalue weighted by Crippen LogP contribution is -2.42. The summed E-state index contributed by atoms with van der Waals surface area (Å²) in [5, 5.41) is 21.4. The maximum atomic E-state index is 11.8. The number of aliphatic carboxylic acids is 1. The van der Waals surface area contributed by atoms with Crippen LogP contribution in [0.2, 0.25) is 0 Å². The largest absolute Gasteiger partial charge is 0.481 e. The third-order valence-corrected chi connectivity index (χ3v) is 3.31. The second-order valence-electron chi connectivity index (χ2n) is 4.75. The van der Waals surface area contributed by atoms with Crippen LogP contribution in [0.5, 0.6) is 0 Å². The minimum Gasteiger partial charge on any atom is -0.481 e. The van der Waals surface area contributed by atoms with Crippen molar-refractivity contribution in [1.82, 2.24) is 5.32 Å². The van der Waals surface area contributed by atoms with Crippen LogP contribution in [0.4, 0.5) is 0 Å². The summed E-state index contributed by atoms with van der Waals surface area (Å²) in [5.74, 6) is -1.56. The van der Waals surface area contributed by atoms with Crippen molar-refractivity contribution in [3.05, 3.63) is 35.9 Å². The van der Waals surface area contributed by atoms with E-state index in [1.54, 1.807) is 44.2 Å². The monoisotopic (exact) mass is 265 g/mol. The van der Waals surface area contributed by atoms with Gasteiger partial charge in [-0.25, -0.2) is 0 Å². The summed E-state index contributed by atoms with van der Waals surface area (Å²) >= 11 is 0. The molecule has 0 aliphatic heterocycles. The molecule has 0 aliphatic rings. The number of carbonyl (C=O) groups excluding carboxylic acids is 1. The number of aliphatic hydroxyl groups is 1. The van der Waals surface area contributed by atoms with Gasteiger partial charge in [0.1, 0.15) is 0 Å². The molecule has 19 heavy (non-hydrogen) atoms. The summed E-state index contributed by atoms with van der Waals surface area (Å²) < 4.78 is 0. The highest BCUT2D eigenvalue weighted by atomic mass is 16.4. The first kappa shape index (κ1) is 15.2. The molecule has 1 aromatic carbocycles. The highest BCUT2D eigenvalue weighted by Crippen LogP contribution is 2.20. The molecule has 0 aromatic heterocycles. The second kappa shape index (κ2) is 6.33. The maximum Gasteiger partial charge on any atom is 0.311 e. The predicted molar refractivity (Wildman–Crippen MR) is 70.4 cm³/mol. The van der Waals surface area contributed by atoms with Crippen molar-refractivity contribution < 1.29 is 19.8 Å². The quantitative estimate of drug-likeness (QED) is 0.724. The number of carboxylic acid groups (broad SMARTS) is 1. The smallest absolute Gasteiger partial charge is 0.311 e. The van der Waals surface area contributed by atoms with Crippen molar-refractivity contribution in [1.29, 1.82) is 0 Å². The molecule has 5 heteroatoms. The highest BCUT2D eigenvalue weighted by Gasteiger charge is 2.32. The number of carbonyl (C=O) groups is 2. The first-order valence-electron chi connectivity index (χ1n) is 6.15. The van der Waals surface area contributed by atoms with Crippen LogP contribution in [0, 0.1) is 5.41 Å². The van der Waals surface area contributed by atoms with Crippen molar-refractivity contribution >= 4 is 11.9 Å². The van der Waals surface area contributed by atoms with Gasteiger partial charge in [0.25, 0.3) is 5.91 Å².